The van der Waals surface area contributed by atoms with E-state index < -0.39 is 10.8 Å². The molecule has 2 fully saturated rings. The van der Waals surface area contributed by atoms with E-state index in [1.165, 1.54) is 44.1 Å². The summed E-state index contributed by atoms with van der Waals surface area (Å²) in [5.74, 6) is 0. The minimum atomic E-state index is -0.889. The molecule has 1 heterocycles. The highest BCUT2D eigenvalue weighted by Crippen LogP contribution is 2.27. The molecule has 1 aliphatic heterocycles. The first-order chi connectivity index (χ1) is 10.7. The summed E-state index contributed by atoms with van der Waals surface area (Å²) in [7, 11) is -0.889. The Bertz CT molecular complexity index is 490. The molecule has 0 N–H and O–H groups in total. The highest BCUT2D eigenvalue weighted by molar-refractivity contribution is 7.84. The van der Waals surface area contributed by atoms with Gasteiger partial charge in [0.25, 0.3) is 0 Å². The van der Waals surface area contributed by atoms with E-state index in [1.54, 1.807) is 6.26 Å². The van der Waals surface area contributed by atoms with Crippen LogP contribution >= 0.6 is 0 Å². The molecule has 0 radical (unpaired) electrons. The summed E-state index contributed by atoms with van der Waals surface area (Å²) in [5, 5.41) is 0. The van der Waals surface area contributed by atoms with E-state index in [0.29, 0.717) is 12.1 Å². The fourth-order valence-electron chi connectivity index (χ4n) is 3.68. The standard InChI is InChI=1S/C18H27NO2S/c1-22(20)18-10-8-15(9-11-18)13-19(16-5-2-3-6-16)14-17-7-4-12-21-17/h8-11,16-17H,2-7,12-14H2,1H3/t17-,22+/m0/s1. The first kappa shape index (κ1) is 16.2. The van der Waals surface area contributed by atoms with Gasteiger partial charge in [0.15, 0.2) is 0 Å². The molecule has 0 spiro atoms. The van der Waals surface area contributed by atoms with Crippen molar-refractivity contribution in [1.82, 2.24) is 4.90 Å². The molecule has 122 valence electrons. The van der Waals surface area contributed by atoms with Crippen molar-refractivity contribution in [3.05, 3.63) is 29.8 Å². The van der Waals surface area contributed by atoms with Gasteiger partial charge in [0.2, 0.25) is 0 Å². The summed E-state index contributed by atoms with van der Waals surface area (Å²) in [5.41, 5.74) is 1.32. The third-order valence-corrected chi connectivity index (χ3v) is 5.88. The van der Waals surface area contributed by atoms with Gasteiger partial charge >= 0.3 is 0 Å². The highest BCUT2D eigenvalue weighted by Gasteiger charge is 2.26. The number of hydrogen-bond donors (Lipinski definition) is 0. The lowest BCUT2D eigenvalue weighted by Crippen LogP contribution is -2.38. The van der Waals surface area contributed by atoms with Crippen LogP contribution in [0.25, 0.3) is 0 Å². The topological polar surface area (TPSA) is 29.5 Å². The Kier molecular flexibility index (Phi) is 5.66. The van der Waals surface area contributed by atoms with E-state index in [0.717, 1.165) is 24.6 Å². The van der Waals surface area contributed by atoms with Crippen LogP contribution in [0.15, 0.2) is 29.2 Å². The van der Waals surface area contributed by atoms with Crippen molar-refractivity contribution in [3.63, 3.8) is 0 Å². The van der Waals surface area contributed by atoms with Crippen LogP contribution in [0.2, 0.25) is 0 Å². The monoisotopic (exact) mass is 321 g/mol. The van der Waals surface area contributed by atoms with Gasteiger partial charge in [0.05, 0.1) is 6.10 Å². The minimum absolute atomic E-state index is 0.419. The average Bonchev–Trinajstić information content (AvgIpc) is 3.20. The number of rotatable bonds is 6. The summed E-state index contributed by atoms with van der Waals surface area (Å²) in [4.78, 5) is 3.54. The van der Waals surface area contributed by atoms with Gasteiger partial charge in [-0.1, -0.05) is 25.0 Å². The lowest BCUT2D eigenvalue weighted by molar-refractivity contribution is 0.0542. The van der Waals surface area contributed by atoms with Crippen molar-refractivity contribution in [1.29, 1.82) is 0 Å². The number of hydrogen-bond acceptors (Lipinski definition) is 3. The normalized spacial score (nSPS) is 24.2. The number of benzene rings is 1. The van der Waals surface area contributed by atoms with Crippen LogP contribution in [0, 0.1) is 0 Å². The smallest absolute Gasteiger partial charge is 0.0703 e. The molecule has 2 atom stereocenters. The summed E-state index contributed by atoms with van der Waals surface area (Å²) in [6, 6.07) is 8.99. The third kappa shape index (κ3) is 4.18. The summed E-state index contributed by atoms with van der Waals surface area (Å²) in [6.07, 6.45) is 9.94. The molecule has 0 amide bonds. The third-order valence-electron chi connectivity index (χ3n) is 4.94. The molecule has 0 aromatic heterocycles. The second-order valence-electron chi connectivity index (χ2n) is 6.60. The molecule has 1 saturated heterocycles. The van der Waals surface area contributed by atoms with Gasteiger partial charge in [0.1, 0.15) is 0 Å². The number of nitrogens with zero attached hydrogens (tertiary/aromatic N) is 1. The van der Waals surface area contributed by atoms with E-state index in [2.05, 4.69) is 17.0 Å². The molecule has 0 unspecified atom stereocenters. The first-order valence-electron chi connectivity index (χ1n) is 8.50. The highest BCUT2D eigenvalue weighted by atomic mass is 32.2. The molecular weight excluding hydrogens is 294 g/mol. The Balaban J connectivity index is 1.66. The fraction of sp³-hybridized carbons (Fsp3) is 0.667. The molecule has 22 heavy (non-hydrogen) atoms. The quantitative estimate of drug-likeness (QED) is 0.805. The van der Waals surface area contributed by atoms with Gasteiger partial charge in [-0.05, 0) is 43.4 Å². The second-order valence-corrected chi connectivity index (χ2v) is 7.98. The van der Waals surface area contributed by atoms with Crippen LogP contribution in [0.3, 0.4) is 0 Å². The van der Waals surface area contributed by atoms with Gasteiger partial charge in [-0.3, -0.25) is 9.11 Å². The van der Waals surface area contributed by atoms with Crippen LogP contribution in [-0.2, 0) is 22.1 Å². The van der Waals surface area contributed by atoms with E-state index >= 15 is 0 Å². The molecule has 3 rings (SSSR count). The Morgan fingerprint density at radius 3 is 2.45 bits per heavy atom. The van der Waals surface area contributed by atoms with Crippen molar-refractivity contribution in [3.8, 4) is 0 Å². The molecule has 1 aromatic carbocycles. The fourth-order valence-corrected chi connectivity index (χ4v) is 4.20. The van der Waals surface area contributed by atoms with Crippen molar-refractivity contribution in [2.75, 3.05) is 19.4 Å². The van der Waals surface area contributed by atoms with E-state index in [4.69, 9.17) is 4.74 Å². The van der Waals surface area contributed by atoms with Crippen LogP contribution in [0.1, 0.15) is 44.1 Å². The van der Waals surface area contributed by atoms with E-state index in [9.17, 15) is 4.21 Å². The predicted molar refractivity (Wildman–Crippen MR) is 90.4 cm³/mol. The van der Waals surface area contributed by atoms with Gasteiger partial charge < -0.3 is 4.74 Å². The molecule has 1 aliphatic carbocycles. The molecule has 1 aromatic rings. The van der Waals surface area contributed by atoms with Crippen molar-refractivity contribution in [2.45, 2.75) is 62.1 Å². The van der Waals surface area contributed by atoms with E-state index in [-0.39, 0.29) is 0 Å². The maximum Gasteiger partial charge on any atom is 0.0703 e. The summed E-state index contributed by atoms with van der Waals surface area (Å²) >= 11 is 0. The van der Waals surface area contributed by atoms with Crippen molar-refractivity contribution < 1.29 is 8.95 Å². The lowest BCUT2D eigenvalue weighted by Gasteiger charge is -2.31. The Morgan fingerprint density at radius 1 is 1.14 bits per heavy atom. The van der Waals surface area contributed by atoms with Gasteiger partial charge in [0, 0.05) is 47.7 Å². The molecule has 4 heteroatoms. The SMILES string of the molecule is C[S@@](=O)c1ccc(CN(C[C@@H]2CCCO2)C2CCCC2)cc1. The first-order valence-corrected chi connectivity index (χ1v) is 10.1. The predicted octanol–water partition coefficient (Wildman–Crippen LogP) is 3.35. The van der Waals surface area contributed by atoms with Crippen molar-refractivity contribution in [2.24, 2.45) is 0 Å². The lowest BCUT2D eigenvalue weighted by atomic mass is 10.1. The maximum absolute atomic E-state index is 11.5. The Hall–Kier alpha value is -0.710. The van der Waals surface area contributed by atoms with Gasteiger partial charge in [-0.25, -0.2) is 0 Å². The molecular formula is C18H27NO2S. The Morgan fingerprint density at radius 2 is 1.86 bits per heavy atom. The van der Waals surface area contributed by atoms with Crippen LogP contribution in [0.5, 0.6) is 0 Å². The van der Waals surface area contributed by atoms with Gasteiger partial charge in [-0.2, -0.15) is 0 Å². The molecule has 1 saturated carbocycles. The maximum atomic E-state index is 11.5. The van der Waals surface area contributed by atoms with Crippen LogP contribution in [-0.4, -0.2) is 40.7 Å². The largest absolute Gasteiger partial charge is 0.377 e. The number of ether oxygens (including phenoxy) is 1. The second kappa shape index (κ2) is 7.71. The zero-order valence-corrected chi connectivity index (χ0v) is 14.3. The Labute approximate surface area is 136 Å². The van der Waals surface area contributed by atoms with Crippen LogP contribution in [0.4, 0.5) is 0 Å². The van der Waals surface area contributed by atoms with Crippen molar-refractivity contribution >= 4 is 10.8 Å². The van der Waals surface area contributed by atoms with E-state index in [1.807, 2.05) is 12.1 Å². The zero-order valence-electron chi connectivity index (χ0n) is 13.5. The molecule has 3 nitrogen and oxygen atoms in total. The zero-order chi connectivity index (χ0) is 15.4. The van der Waals surface area contributed by atoms with Crippen LogP contribution < -0.4 is 0 Å². The average molecular weight is 321 g/mol. The summed E-state index contributed by atoms with van der Waals surface area (Å²) < 4.78 is 17.4. The minimum Gasteiger partial charge on any atom is -0.377 e. The molecule has 2 aliphatic rings. The molecule has 0 bridgehead atoms. The summed E-state index contributed by atoms with van der Waals surface area (Å²) in [6.45, 7) is 2.98. The van der Waals surface area contributed by atoms with Gasteiger partial charge in [-0.15, -0.1) is 0 Å².